The fourth-order valence-corrected chi connectivity index (χ4v) is 2.50. The molecule has 0 aliphatic rings. The van der Waals surface area contributed by atoms with Gasteiger partial charge >= 0.3 is 5.97 Å². The Labute approximate surface area is 164 Å². The Morgan fingerprint density at radius 2 is 1.96 bits per heavy atom. The van der Waals surface area contributed by atoms with Crippen LogP contribution in [0.1, 0.15) is 10.5 Å². The maximum Gasteiger partial charge on any atom is 0.363 e. The smallest absolute Gasteiger partial charge is 0.363 e. The number of halogens is 2. The highest BCUT2D eigenvalue weighted by Crippen LogP contribution is 2.21. The number of ether oxygens (including phenoxy) is 2. The van der Waals surface area contributed by atoms with Crippen molar-refractivity contribution in [2.24, 2.45) is 0 Å². The molecule has 0 aliphatic carbocycles. The number of methoxy groups -OCH3 is 1. The topological polar surface area (TPSA) is 82.5 Å². The van der Waals surface area contributed by atoms with E-state index in [0.29, 0.717) is 0 Å². The first-order chi connectivity index (χ1) is 13.5. The summed E-state index contributed by atoms with van der Waals surface area (Å²) in [6.07, 6.45) is 1.52. The zero-order chi connectivity index (χ0) is 20.1. The van der Waals surface area contributed by atoms with Crippen molar-refractivity contribution in [2.75, 3.05) is 19.0 Å². The average Bonchev–Trinajstić information content (AvgIpc) is 3.13. The molecule has 0 spiro atoms. The summed E-state index contributed by atoms with van der Waals surface area (Å²) in [5.41, 5.74) is 0.559. The van der Waals surface area contributed by atoms with Crippen LogP contribution in [0.3, 0.4) is 0 Å². The van der Waals surface area contributed by atoms with Crippen molar-refractivity contribution < 1.29 is 23.5 Å². The molecular formula is C19H15ClFN3O4. The first-order valence-electron chi connectivity index (χ1n) is 8.09. The minimum atomic E-state index is -0.849. The maximum atomic E-state index is 13.7. The summed E-state index contributed by atoms with van der Waals surface area (Å²) in [6.45, 7) is -0.623. The highest BCUT2D eigenvalue weighted by molar-refractivity contribution is 6.30. The molecule has 0 fully saturated rings. The van der Waals surface area contributed by atoms with E-state index in [1.54, 1.807) is 12.1 Å². The van der Waals surface area contributed by atoms with Gasteiger partial charge in [0, 0.05) is 5.02 Å². The predicted octanol–water partition coefficient (Wildman–Crippen LogP) is 3.47. The molecule has 1 heterocycles. The largest absolute Gasteiger partial charge is 0.493 e. The van der Waals surface area contributed by atoms with E-state index < -0.39 is 24.3 Å². The van der Waals surface area contributed by atoms with Crippen molar-refractivity contribution in [3.8, 4) is 11.4 Å². The second kappa shape index (κ2) is 8.53. The van der Waals surface area contributed by atoms with E-state index in [1.807, 2.05) is 18.2 Å². The van der Waals surface area contributed by atoms with Crippen molar-refractivity contribution in [1.29, 1.82) is 0 Å². The zero-order valence-corrected chi connectivity index (χ0v) is 15.4. The van der Waals surface area contributed by atoms with Crippen LogP contribution in [0.25, 0.3) is 5.69 Å². The molecule has 1 aromatic heterocycles. The lowest BCUT2D eigenvalue weighted by atomic mass is 10.3. The van der Waals surface area contributed by atoms with Crippen LogP contribution in [0.2, 0.25) is 5.02 Å². The number of aromatic nitrogens is 2. The Kier molecular flexibility index (Phi) is 5.90. The summed E-state index contributed by atoms with van der Waals surface area (Å²) in [6, 6.07) is 12.9. The number of nitrogens with zero attached hydrogens (tertiary/aromatic N) is 2. The predicted molar refractivity (Wildman–Crippen MR) is 100 cm³/mol. The van der Waals surface area contributed by atoms with Gasteiger partial charge in [-0.05, 0) is 30.3 Å². The van der Waals surface area contributed by atoms with Crippen molar-refractivity contribution in [3.05, 3.63) is 71.3 Å². The molecule has 3 rings (SSSR count). The quantitative estimate of drug-likeness (QED) is 0.637. The van der Waals surface area contributed by atoms with Gasteiger partial charge in [0.1, 0.15) is 5.82 Å². The van der Waals surface area contributed by atoms with E-state index in [0.717, 1.165) is 11.8 Å². The summed E-state index contributed by atoms with van der Waals surface area (Å²) in [5.74, 6) is -2.07. The zero-order valence-electron chi connectivity index (χ0n) is 14.7. The highest BCUT2D eigenvalue weighted by atomic mass is 35.5. The van der Waals surface area contributed by atoms with Crippen molar-refractivity contribution in [1.82, 2.24) is 9.78 Å². The molecule has 0 aliphatic heterocycles. The first-order valence-corrected chi connectivity index (χ1v) is 8.47. The second-order valence-electron chi connectivity index (χ2n) is 5.57. The van der Waals surface area contributed by atoms with Crippen molar-refractivity contribution >= 4 is 29.2 Å². The van der Waals surface area contributed by atoms with Crippen LogP contribution in [0.4, 0.5) is 10.1 Å². The number of anilines is 1. The molecule has 0 saturated carbocycles. The number of carbonyl (C=O) groups is 2. The van der Waals surface area contributed by atoms with Gasteiger partial charge < -0.3 is 14.8 Å². The molecule has 0 unspecified atom stereocenters. The Bertz CT molecular complexity index is 1010. The lowest BCUT2D eigenvalue weighted by molar-refractivity contribution is -0.119. The number of carbonyl (C=O) groups excluding carboxylic acids is 2. The number of amides is 1. The van der Waals surface area contributed by atoms with Crippen LogP contribution >= 0.6 is 11.6 Å². The molecule has 2 aromatic carbocycles. The fraction of sp³-hybridized carbons (Fsp3) is 0.105. The third kappa shape index (κ3) is 4.47. The van der Waals surface area contributed by atoms with E-state index >= 15 is 0 Å². The van der Waals surface area contributed by atoms with E-state index in [4.69, 9.17) is 21.1 Å². The Morgan fingerprint density at radius 1 is 1.21 bits per heavy atom. The summed E-state index contributed by atoms with van der Waals surface area (Å²) < 4.78 is 25.3. The number of nitrogens with one attached hydrogen (secondary N) is 1. The molecule has 1 amide bonds. The molecule has 0 saturated heterocycles. The third-order valence-electron chi connectivity index (χ3n) is 3.65. The molecule has 3 aromatic rings. The van der Waals surface area contributed by atoms with Gasteiger partial charge in [0.05, 0.1) is 24.7 Å². The van der Waals surface area contributed by atoms with Crippen molar-refractivity contribution in [2.45, 2.75) is 0 Å². The SMILES string of the molecule is COc1cn(-c2ccccc2)nc1C(=O)OCC(=O)Nc1ccc(Cl)cc1F. The van der Waals surface area contributed by atoms with Gasteiger partial charge in [-0.1, -0.05) is 29.8 Å². The molecule has 144 valence electrons. The summed E-state index contributed by atoms with van der Waals surface area (Å²) in [5, 5.41) is 6.64. The van der Waals surface area contributed by atoms with E-state index in [1.165, 1.54) is 30.1 Å². The lowest BCUT2D eigenvalue weighted by Crippen LogP contribution is -2.22. The van der Waals surface area contributed by atoms with Crippen LogP contribution in [-0.4, -0.2) is 35.4 Å². The first kappa shape index (κ1) is 19.4. The molecule has 28 heavy (non-hydrogen) atoms. The number of esters is 1. The van der Waals surface area contributed by atoms with Gasteiger partial charge in [0.25, 0.3) is 5.91 Å². The standard InChI is InChI=1S/C19H15ClFN3O4/c1-27-16-10-24(13-5-3-2-4-6-13)23-18(16)19(26)28-11-17(25)22-15-8-7-12(20)9-14(15)21/h2-10H,11H2,1H3,(H,22,25). The Morgan fingerprint density at radius 3 is 2.64 bits per heavy atom. The number of para-hydroxylation sites is 1. The monoisotopic (exact) mass is 403 g/mol. The highest BCUT2D eigenvalue weighted by Gasteiger charge is 2.21. The number of rotatable bonds is 6. The van der Waals surface area contributed by atoms with E-state index in [2.05, 4.69) is 10.4 Å². The van der Waals surface area contributed by atoms with Gasteiger partial charge in [-0.2, -0.15) is 5.10 Å². The van der Waals surface area contributed by atoms with Crippen LogP contribution in [0, 0.1) is 5.82 Å². The van der Waals surface area contributed by atoms with Gasteiger partial charge in [-0.25, -0.2) is 13.9 Å². The Balaban J connectivity index is 1.66. The minimum Gasteiger partial charge on any atom is -0.493 e. The van der Waals surface area contributed by atoms with Crippen LogP contribution in [-0.2, 0) is 9.53 Å². The van der Waals surface area contributed by atoms with Gasteiger partial charge in [0.2, 0.25) is 5.69 Å². The number of benzene rings is 2. The minimum absolute atomic E-state index is 0.0728. The fourth-order valence-electron chi connectivity index (χ4n) is 2.34. The van der Waals surface area contributed by atoms with Gasteiger partial charge in [-0.3, -0.25) is 4.79 Å². The summed E-state index contributed by atoms with van der Waals surface area (Å²) in [7, 11) is 1.39. The van der Waals surface area contributed by atoms with E-state index in [9.17, 15) is 14.0 Å². The average molecular weight is 404 g/mol. The van der Waals surface area contributed by atoms with Gasteiger partial charge in [0.15, 0.2) is 12.4 Å². The molecule has 1 N–H and O–H groups in total. The van der Waals surface area contributed by atoms with E-state index in [-0.39, 0.29) is 22.2 Å². The van der Waals surface area contributed by atoms with Gasteiger partial charge in [-0.15, -0.1) is 0 Å². The molecule has 9 heteroatoms. The summed E-state index contributed by atoms with van der Waals surface area (Å²) in [4.78, 5) is 24.2. The lowest BCUT2D eigenvalue weighted by Gasteiger charge is -2.07. The normalized spacial score (nSPS) is 10.4. The molecule has 0 atom stereocenters. The Hall–Kier alpha value is -3.39. The molecular weight excluding hydrogens is 389 g/mol. The number of hydrogen-bond donors (Lipinski definition) is 1. The molecule has 7 nitrogen and oxygen atoms in total. The summed E-state index contributed by atoms with van der Waals surface area (Å²) >= 11 is 5.66. The number of hydrogen-bond acceptors (Lipinski definition) is 5. The van der Waals surface area contributed by atoms with Crippen LogP contribution in [0.5, 0.6) is 5.75 Å². The van der Waals surface area contributed by atoms with Crippen molar-refractivity contribution in [3.63, 3.8) is 0 Å². The third-order valence-corrected chi connectivity index (χ3v) is 3.89. The molecule has 0 bridgehead atoms. The maximum absolute atomic E-state index is 13.7. The second-order valence-corrected chi connectivity index (χ2v) is 6.01. The molecule has 0 radical (unpaired) electrons. The van der Waals surface area contributed by atoms with Crippen LogP contribution < -0.4 is 10.1 Å². The van der Waals surface area contributed by atoms with Crippen LogP contribution in [0.15, 0.2) is 54.7 Å².